The molecule has 0 aliphatic carbocycles. The number of hydrogen-bond acceptors (Lipinski definition) is 4. The van der Waals surface area contributed by atoms with Crippen molar-refractivity contribution in [2.75, 3.05) is 0 Å². The van der Waals surface area contributed by atoms with Crippen molar-refractivity contribution in [1.29, 1.82) is 0 Å². The zero-order chi connectivity index (χ0) is 17.8. The molecule has 0 fully saturated rings. The minimum atomic E-state index is -0.290. The third-order valence-corrected chi connectivity index (χ3v) is 3.89. The van der Waals surface area contributed by atoms with Gasteiger partial charge in [0.15, 0.2) is 5.69 Å². The van der Waals surface area contributed by atoms with Crippen LogP contribution < -0.4 is 5.56 Å². The number of hydrogen-bond donors (Lipinski definition) is 0. The van der Waals surface area contributed by atoms with Gasteiger partial charge in [0.25, 0.3) is 5.56 Å². The van der Waals surface area contributed by atoms with E-state index in [9.17, 15) is 9.59 Å². The molecular weight excluding hydrogens is 316 g/mol. The number of aromatic nitrogens is 4. The van der Waals surface area contributed by atoms with Crippen molar-refractivity contribution < 1.29 is 4.79 Å². The Bertz CT molecular complexity index is 1010. The van der Waals surface area contributed by atoms with E-state index in [2.05, 4.69) is 16.2 Å². The highest BCUT2D eigenvalue weighted by Gasteiger charge is 2.17. The minimum absolute atomic E-state index is 0.126. The Balaban J connectivity index is 1.82. The Morgan fingerprint density at radius 2 is 1.96 bits per heavy atom. The molecule has 6 nitrogen and oxygen atoms in total. The maximum absolute atomic E-state index is 12.5. The summed E-state index contributed by atoms with van der Waals surface area (Å²) in [6.07, 6.45) is 6.83. The number of terminal acetylenes is 1. The second-order valence-corrected chi connectivity index (χ2v) is 5.62. The van der Waals surface area contributed by atoms with Crippen molar-refractivity contribution in [2.45, 2.75) is 20.0 Å². The van der Waals surface area contributed by atoms with Gasteiger partial charge in [0.1, 0.15) is 0 Å². The summed E-state index contributed by atoms with van der Waals surface area (Å²) in [5.41, 5.74) is 2.23. The topological polar surface area (TPSA) is 69.8 Å². The molecule has 3 rings (SSSR count). The normalized spacial score (nSPS) is 10.4. The van der Waals surface area contributed by atoms with Crippen molar-refractivity contribution in [3.8, 4) is 12.3 Å². The Kier molecular flexibility index (Phi) is 4.57. The molecule has 0 atom stereocenters. The molecule has 0 saturated heterocycles. The lowest BCUT2D eigenvalue weighted by molar-refractivity contribution is 0.0965. The van der Waals surface area contributed by atoms with Crippen LogP contribution in [0.1, 0.15) is 27.3 Å². The van der Waals surface area contributed by atoms with Gasteiger partial charge >= 0.3 is 0 Å². The van der Waals surface area contributed by atoms with Crippen LogP contribution in [0.3, 0.4) is 0 Å². The molecule has 2 heterocycles. The summed E-state index contributed by atoms with van der Waals surface area (Å²) in [6.45, 7) is 2.19. The van der Waals surface area contributed by atoms with Crippen LogP contribution in [0.15, 0.2) is 53.5 Å². The molecule has 0 N–H and O–H groups in total. The molecule has 0 radical (unpaired) electrons. The number of benzene rings is 1. The second-order valence-electron chi connectivity index (χ2n) is 5.62. The van der Waals surface area contributed by atoms with Crippen molar-refractivity contribution in [3.05, 3.63) is 81.5 Å². The van der Waals surface area contributed by atoms with Crippen molar-refractivity contribution in [3.63, 3.8) is 0 Å². The van der Waals surface area contributed by atoms with E-state index in [-0.39, 0.29) is 23.6 Å². The first-order chi connectivity index (χ1) is 12.1. The number of carbonyl (C=O) groups excluding carboxylic acids is 1. The second kappa shape index (κ2) is 6.97. The van der Waals surface area contributed by atoms with Gasteiger partial charge in [0.05, 0.1) is 18.8 Å². The van der Waals surface area contributed by atoms with Crippen LogP contribution >= 0.6 is 0 Å². The Labute approximate surface area is 144 Å². The van der Waals surface area contributed by atoms with E-state index in [1.165, 1.54) is 16.8 Å². The monoisotopic (exact) mass is 332 g/mol. The first-order valence-corrected chi connectivity index (χ1v) is 7.73. The zero-order valence-corrected chi connectivity index (χ0v) is 13.7. The molecular formula is C19H16N4O2. The number of carbonyl (C=O) groups is 1. The van der Waals surface area contributed by atoms with Crippen LogP contribution in [0.2, 0.25) is 0 Å². The van der Waals surface area contributed by atoms with Crippen LogP contribution in [-0.4, -0.2) is 25.3 Å². The molecule has 2 aromatic heterocycles. The first kappa shape index (κ1) is 16.4. The zero-order valence-electron chi connectivity index (χ0n) is 13.7. The van der Waals surface area contributed by atoms with Gasteiger partial charge in [0, 0.05) is 17.8 Å². The van der Waals surface area contributed by atoms with Gasteiger partial charge in [-0.05, 0) is 18.6 Å². The minimum Gasteiger partial charge on any atom is -0.306 e. The Morgan fingerprint density at radius 1 is 1.20 bits per heavy atom. The van der Waals surface area contributed by atoms with Gasteiger partial charge in [-0.3, -0.25) is 9.59 Å². The van der Waals surface area contributed by atoms with Crippen LogP contribution in [0.25, 0.3) is 0 Å². The summed E-state index contributed by atoms with van der Waals surface area (Å²) >= 11 is 0. The number of ketones is 1. The predicted octanol–water partition coefficient (Wildman–Crippen LogP) is 1.66. The lowest BCUT2D eigenvalue weighted by Crippen LogP contribution is -2.24. The SMILES string of the molecule is C#Cc1ccc(=O)n(CC(=O)c2nnn(Cc3ccccc3)c2C)c1. The average molecular weight is 332 g/mol. The number of Topliss-reactive ketones (excluding diaryl/α,β-unsaturated/α-hetero) is 1. The van der Waals surface area contributed by atoms with Crippen LogP contribution in [0, 0.1) is 19.3 Å². The molecule has 0 saturated carbocycles. The van der Waals surface area contributed by atoms with Crippen LogP contribution in [0.4, 0.5) is 0 Å². The summed E-state index contributed by atoms with van der Waals surface area (Å²) in [5, 5.41) is 8.04. The molecule has 0 aliphatic rings. The third-order valence-electron chi connectivity index (χ3n) is 3.89. The van der Waals surface area contributed by atoms with E-state index in [0.717, 1.165) is 5.56 Å². The molecule has 25 heavy (non-hydrogen) atoms. The summed E-state index contributed by atoms with van der Waals surface area (Å²) in [6, 6.07) is 12.7. The molecule has 0 bridgehead atoms. The number of rotatable bonds is 5. The highest BCUT2D eigenvalue weighted by atomic mass is 16.1. The smallest absolute Gasteiger partial charge is 0.251 e. The summed E-state index contributed by atoms with van der Waals surface area (Å²) in [4.78, 5) is 24.4. The number of pyridine rings is 1. The molecule has 6 heteroatoms. The van der Waals surface area contributed by atoms with Crippen molar-refractivity contribution in [1.82, 2.24) is 19.6 Å². The molecule has 0 unspecified atom stereocenters. The highest BCUT2D eigenvalue weighted by Crippen LogP contribution is 2.09. The number of nitrogens with zero attached hydrogens (tertiary/aromatic N) is 4. The Hall–Kier alpha value is -3.46. The maximum atomic E-state index is 12.5. The van der Waals surface area contributed by atoms with Gasteiger partial charge in [-0.15, -0.1) is 11.5 Å². The molecule has 124 valence electrons. The fourth-order valence-corrected chi connectivity index (χ4v) is 2.49. The van der Waals surface area contributed by atoms with Gasteiger partial charge in [-0.1, -0.05) is 41.5 Å². The van der Waals surface area contributed by atoms with Gasteiger partial charge < -0.3 is 4.57 Å². The van der Waals surface area contributed by atoms with Crippen molar-refractivity contribution in [2.24, 2.45) is 0 Å². The van der Waals surface area contributed by atoms with E-state index in [1.807, 2.05) is 30.3 Å². The standard InChI is InChI=1S/C19H16N4O2/c1-3-15-9-10-18(25)22(11-15)13-17(24)19-14(2)23(21-20-19)12-16-7-5-4-6-8-16/h1,4-11H,12-13H2,2H3. The maximum Gasteiger partial charge on any atom is 0.251 e. The lowest BCUT2D eigenvalue weighted by atomic mass is 10.2. The van der Waals surface area contributed by atoms with E-state index in [0.29, 0.717) is 17.8 Å². The third kappa shape index (κ3) is 3.56. The quantitative estimate of drug-likeness (QED) is 0.526. The largest absolute Gasteiger partial charge is 0.306 e. The molecule has 0 amide bonds. The van der Waals surface area contributed by atoms with Gasteiger partial charge in [-0.2, -0.15) is 0 Å². The fraction of sp³-hybridized carbons (Fsp3) is 0.158. The van der Waals surface area contributed by atoms with E-state index in [1.54, 1.807) is 17.7 Å². The Morgan fingerprint density at radius 3 is 2.68 bits per heavy atom. The predicted molar refractivity (Wildman–Crippen MR) is 93.3 cm³/mol. The molecule has 3 aromatic rings. The fourth-order valence-electron chi connectivity index (χ4n) is 2.49. The highest BCUT2D eigenvalue weighted by molar-refractivity contribution is 5.94. The van der Waals surface area contributed by atoms with Crippen LogP contribution in [0.5, 0.6) is 0 Å². The van der Waals surface area contributed by atoms with Gasteiger partial charge in [-0.25, -0.2) is 4.68 Å². The van der Waals surface area contributed by atoms with Crippen LogP contribution in [-0.2, 0) is 13.1 Å². The molecule has 1 aromatic carbocycles. The first-order valence-electron chi connectivity index (χ1n) is 7.73. The summed E-state index contributed by atoms with van der Waals surface area (Å²) in [5.74, 6) is 2.16. The van der Waals surface area contributed by atoms with Crippen molar-refractivity contribution >= 4 is 5.78 Å². The van der Waals surface area contributed by atoms with Gasteiger partial charge in [0.2, 0.25) is 5.78 Å². The van der Waals surface area contributed by atoms with E-state index < -0.39 is 0 Å². The summed E-state index contributed by atoms with van der Waals surface area (Å²) < 4.78 is 2.95. The molecule has 0 spiro atoms. The average Bonchev–Trinajstić information content (AvgIpc) is 2.98. The van der Waals surface area contributed by atoms with E-state index in [4.69, 9.17) is 6.42 Å². The molecule has 0 aliphatic heterocycles. The lowest BCUT2D eigenvalue weighted by Gasteiger charge is -2.05. The summed E-state index contributed by atoms with van der Waals surface area (Å²) in [7, 11) is 0. The van der Waals surface area contributed by atoms with E-state index >= 15 is 0 Å².